The normalized spacial score (nSPS) is 21.9. The van der Waals surface area contributed by atoms with Crippen molar-refractivity contribution in [3.63, 3.8) is 0 Å². The lowest BCUT2D eigenvalue weighted by Crippen LogP contribution is -2.08. The summed E-state index contributed by atoms with van der Waals surface area (Å²) in [7, 11) is 0. The molecule has 0 spiro atoms. The van der Waals surface area contributed by atoms with Crippen LogP contribution in [0, 0.1) is 0 Å². The summed E-state index contributed by atoms with van der Waals surface area (Å²) in [5.74, 6) is 0.613. The lowest BCUT2D eigenvalue weighted by molar-refractivity contribution is 0.734. The summed E-state index contributed by atoms with van der Waals surface area (Å²) < 4.78 is 0. The molecule has 3 nitrogen and oxygen atoms in total. The van der Waals surface area contributed by atoms with E-state index in [1.54, 1.807) is 0 Å². The highest BCUT2D eigenvalue weighted by atomic mass is 15.1. The summed E-state index contributed by atoms with van der Waals surface area (Å²) in [6, 6.07) is 8.30. The van der Waals surface area contributed by atoms with Crippen molar-refractivity contribution in [1.82, 2.24) is 15.5 Å². The molecule has 0 amide bonds. The number of benzene rings is 1. The molecule has 1 saturated heterocycles. The van der Waals surface area contributed by atoms with Crippen molar-refractivity contribution in [2.24, 2.45) is 0 Å². The Kier molecular flexibility index (Phi) is 1.77. The highest BCUT2D eigenvalue weighted by Crippen LogP contribution is 2.26. The molecule has 1 atom stereocenters. The van der Waals surface area contributed by atoms with Gasteiger partial charge in [0.15, 0.2) is 0 Å². The summed E-state index contributed by atoms with van der Waals surface area (Å²) in [6.45, 7) is 2.20. The number of fused-ring (bicyclic) bond motifs is 1. The fourth-order valence-electron chi connectivity index (χ4n) is 2.19. The maximum absolute atomic E-state index is 4.31. The van der Waals surface area contributed by atoms with Crippen molar-refractivity contribution in [3.05, 3.63) is 30.0 Å². The average Bonchev–Trinajstić information content (AvgIpc) is 2.85. The number of nitrogens with one attached hydrogen (secondary N) is 2. The quantitative estimate of drug-likeness (QED) is 0.712. The third-order valence-corrected chi connectivity index (χ3v) is 2.96. The summed E-state index contributed by atoms with van der Waals surface area (Å²) in [6.07, 6.45) is 1.21. The largest absolute Gasteiger partial charge is 0.316 e. The van der Waals surface area contributed by atoms with Crippen LogP contribution < -0.4 is 5.32 Å². The summed E-state index contributed by atoms with van der Waals surface area (Å²) >= 11 is 0. The molecule has 1 aliphatic rings. The SMILES string of the molecule is c1ccc2c([C@H]3CCNC3)[nH]nc2c1. The molecule has 2 N–H and O–H groups in total. The van der Waals surface area contributed by atoms with Gasteiger partial charge in [-0.05, 0) is 19.0 Å². The maximum atomic E-state index is 4.31. The van der Waals surface area contributed by atoms with Crippen LogP contribution in [0.15, 0.2) is 24.3 Å². The van der Waals surface area contributed by atoms with Gasteiger partial charge in [0, 0.05) is 23.5 Å². The Morgan fingerprint density at radius 3 is 3.07 bits per heavy atom. The summed E-state index contributed by atoms with van der Waals surface area (Å²) in [5.41, 5.74) is 2.38. The van der Waals surface area contributed by atoms with Crippen LogP contribution in [0.3, 0.4) is 0 Å². The molecule has 72 valence electrons. The number of para-hydroxylation sites is 1. The monoisotopic (exact) mass is 187 g/mol. The van der Waals surface area contributed by atoms with Crippen LogP contribution in [0.5, 0.6) is 0 Å². The standard InChI is InChI=1S/C11H13N3/c1-2-4-10-9(3-1)11(14-13-10)8-5-6-12-7-8/h1-4,8,12H,5-7H2,(H,13,14)/t8-/m0/s1. The van der Waals surface area contributed by atoms with Gasteiger partial charge in [-0.3, -0.25) is 5.10 Å². The third kappa shape index (κ3) is 1.13. The lowest BCUT2D eigenvalue weighted by Gasteiger charge is -2.04. The van der Waals surface area contributed by atoms with Gasteiger partial charge in [0.05, 0.1) is 5.52 Å². The Bertz CT molecular complexity index is 440. The van der Waals surface area contributed by atoms with Gasteiger partial charge in [0.1, 0.15) is 0 Å². The van der Waals surface area contributed by atoms with E-state index >= 15 is 0 Å². The zero-order valence-electron chi connectivity index (χ0n) is 7.96. The first-order valence-corrected chi connectivity index (χ1v) is 5.09. The number of H-pyrrole nitrogens is 1. The molecule has 0 bridgehead atoms. The van der Waals surface area contributed by atoms with E-state index in [-0.39, 0.29) is 0 Å². The van der Waals surface area contributed by atoms with Crippen LogP contribution in [-0.2, 0) is 0 Å². The molecule has 3 rings (SSSR count). The van der Waals surface area contributed by atoms with E-state index in [0.29, 0.717) is 5.92 Å². The van der Waals surface area contributed by atoms with E-state index in [2.05, 4.69) is 33.7 Å². The second-order valence-corrected chi connectivity index (χ2v) is 3.84. The molecule has 0 radical (unpaired) electrons. The smallest absolute Gasteiger partial charge is 0.0923 e. The van der Waals surface area contributed by atoms with Gasteiger partial charge in [0.2, 0.25) is 0 Å². The highest BCUT2D eigenvalue weighted by Gasteiger charge is 2.20. The Labute approximate surface area is 82.5 Å². The Balaban J connectivity index is 2.11. The fraction of sp³-hybridized carbons (Fsp3) is 0.364. The van der Waals surface area contributed by atoms with Crippen LogP contribution >= 0.6 is 0 Å². The van der Waals surface area contributed by atoms with Crippen molar-refractivity contribution in [1.29, 1.82) is 0 Å². The molecular formula is C11H13N3. The first-order valence-electron chi connectivity index (χ1n) is 5.09. The average molecular weight is 187 g/mol. The summed E-state index contributed by atoms with van der Waals surface area (Å²) in [4.78, 5) is 0. The van der Waals surface area contributed by atoms with E-state index in [4.69, 9.17) is 0 Å². The van der Waals surface area contributed by atoms with Gasteiger partial charge in [-0.1, -0.05) is 18.2 Å². The molecule has 0 aliphatic carbocycles. The molecule has 0 unspecified atom stereocenters. The van der Waals surface area contributed by atoms with Crippen LogP contribution in [0.2, 0.25) is 0 Å². The van der Waals surface area contributed by atoms with E-state index in [1.807, 2.05) is 6.07 Å². The number of aromatic nitrogens is 2. The van der Waals surface area contributed by atoms with Gasteiger partial charge in [-0.2, -0.15) is 5.10 Å². The van der Waals surface area contributed by atoms with Crippen molar-refractivity contribution >= 4 is 10.9 Å². The van der Waals surface area contributed by atoms with Crippen LogP contribution in [-0.4, -0.2) is 23.3 Å². The van der Waals surface area contributed by atoms with Gasteiger partial charge in [-0.25, -0.2) is 0 Å². The Morgan fingerprint density at radius 1 is 1.29 bits per heavy atom. The van der Waals surface area contributed by atoms with Crippen LogP contribution in [0.25, 0.3) is 10.9 Å². The molecule has 1 aliphatic heterocycles. The van der Waals surface area contributed by atoms with E-state index in [9.17, 15) is 0 Å². The number of hydrogen-bond donors (Lipinski definition) is 2. The zero-order valence-corrected chi connectivity index (χ0v) is 7.96. The second-order valence-electron chi connectivity index (χ2n) is 3.84. The molecule has 2 heterocycles. The second kappa shape index (κ2) is 3.10. The van der Waals surface area contributed by atoms with Gasteiger partial charge in [0.25, 0.3) is 0 Å². The maximum Gasteiger partial charge on any atom is 0.0923 e. The van der Waals surface area contributed by atoms with E-state index in [0.717, 1.165) is 18.6 Å². The number of hydrogen-bond acceptors (Lipinski definition) is 2. The van der Waals surface area contributed by atoms with Gasteiger partial charge in [-0.15, -0.1) is 0 Å². The fourth-order valence-corrected chi connectivity index (χ4v) is 2.19. The number of aromatic amines is 1. The third-order valence-electron chi connectivity index (χ3n) is 2.96. The highest BCUT2D eigenvalue weighted by molar-refractivity contribution is 5.81. The number of rotatable bonds is 1. The minimum Gasteiger partial charge on any atom is -0.316 e. The predicted molar refractivity (Wildman–Crippen MR) is 56.3 cm³/mol. The molecular weight excluding hydrogens is 174 g/mol. The summed E-state index contributed by atoms with van der Waals surface area (Å²) in [5, 5.41) is 12.1. The minimum atomic E-state index is 0.613. The molecule has 1 aromatic heterocycles. The van der Waals surface area contributed by atoms with E-state index < -0.39 is 0 Å². The first kappa shape index (κ1) is 8.00. The van der Waals surface area contributed by atoms with Crippen molar-refractivity contribution in [2.75, 3.05) is 13.1 Å². The Hall–Kier alpha value is -1.35. The van der Waals surface area contributed by atoms with Crippen LogP contribution in [0.4, 0.5) is 0 Å². The molecule has 3 heteroatoms. The predicted octanol–water partition coefficient (Wildman–Crippen LogP) is 1.64. The number of nitrogens with zero attached hydrogens (tertiary/aromatic N) is 1. The molecule has 2 aromatic rings. The zero-order chi connectivity index (χ0) is 9.38. The van der Waals surface area contributed by atoms with Gasteiger partial charge < -0.3 is 5.32 Å². The molecule has 14 heavy (non-hydrogen) atoms. The molecule has 1 aromatic carbocycles. The first-order chi connectivity index (χ1) is 6.95. The van der Waals surface area contributed by atoms with Crippen LogP contribution in [0.1, 0.15) is 18.0 Å². The Morgan fingerprint density at radius 2 is 2.21 bits per heavy atom. The van der Waals surface area contributed by atoms with Crippen molar-refractivity contribution in [2.45, 2.75) is 12.3 Å². The molecule has 1 fully saturated rings. The topological polar surface area (TPSA) is 40.7 Å². The molecule has 0 saturated carbocycles. The minimum absolute atomic E-state index is 0.613. The van der Waals surface area contributed by atoms with Gasteiger partial charge >= 0.3 is 0 Å². The van der Waals surface area contributed by atoms with Crippen molar-refractivity contribution in [3.8, 4) is 0 Å². The lowest BCUT2D eigenvalue weighted by atomic mass is 10.0. The van der Waals surface area contributed by atoms with Crippen molar-refractivity contribution < 1.29 is 0 Å². The van der Waals surface area contributed by atoms with E-state index in [1.165, 1.54) is 17.5 Å².